The topological polar surface area (TPSA) is 38.1 Å². The summed E-state index contributed by atoms with van der Waals surface area (Å²) in [5.41, 5.74) is 3.55. The first-order valence-electron chi connectivity index (χ1n) is 8.08. The lowest BCUT2D eigenvalue weighted by molar-refractivity contribution is 0.300. The molecular weight excluding hydrogens is 260 g/mol. The van der Waals surface area contributed by atoms with Gasteiger partial charge in [-0.3, -0.25) is 4.68 Å². The van der Waals surface area contributed by atoms with E-state index in [1.165, 1.54) is 43.2 Å². The molecule has 0 saturated heterocycles. The lowest BCUT2D eigenvalue weighted by Gasteiger charge is -2.21. The van der Waals surface area contributed by atoms with Crippen LogP contribution in [0, 0.1) is 5.92 Å². The van der Waals surface area contributed by atoms with Crippen molar-refractivity contribution in [3.63, 3.8) is 0 Å². The molecule has 0 bridgehead atoms. The Morgan fingerprint density at radius 2 is 1.95 bits per heavy atom. The van der Waals surface area contributed by atoms with Gasteiger partial charge in [-0.15, -0.1) is 0 Å². The van der Waals surface area contributed by atoms with Crippen molar-refractivity contribution in [2.24, 2.45) is 5.92 Å². The van der Waals surface area contributed by atoms with Crippen molar-refractivity contribution in [2.75, 3.05) is 6.61 Å². The van der Waals surface area contributed by atoms with Crippen LogP contribution in [0.1, 0.15) is 37.7 Å². The third-order valence-electron chi connectivity index (χ3n) is 4.51. The Morgan fingerprint density at radius 1 is 1.14 bits per heavy atom. The zero-order valence-electron chi connectivity index (χ0n) is 12.5. The number of hydrogen-bond donors (Lipinski definition) is 1. The van der Waals surface area contributed by atoms with E-state index < -0.39 is 0 Å². The SMILES string of the molecule is OCCc1ccccc1-c1cnn(CC2CCCCC2)c1. The van der Waals surface area contributed by atoms with Crippen LogP contribution in [0.2, 0.25) is 0 Å². The lowest BCUT2D eigenvalue weighted by Crippen LogP contribution is -2.14. The zero-order chi connectivity index (χ0) is 14.5. The summed E-state index contributed by atoms with van der Waals surface area (Å²) in [5.74, 6) is 0.791. The Morgan fingerprint density at radius 3 is 2.76 bits per heavy atom. The molecular formula is C18H24N2O. The highest BCUT2D eigenvalue weighted by Gasteiger charge is 2.15. The molecule has 0 amide bonds. The largest absolute Gasteiger partial charge is 0.396 e. The Hall–Kier alpha value is -1.61. The van der Waals surface area contributed by atoms with Gasteiger partial charge in [-0.2, -0.15) is 5.10 Å². The number of aliphatic hydroxyl groups is 1. The molecule has 0 radical (unpaired) electrons. The van der Waals surface area contributed by atoms with E-state index in [-0.39, 0.29) is 6.61 Å². The molecule has 0 atom stereocenters. The average Bonchev–Trinajstić information content (AvgIpc) is 2.97. The van der Waals surface area contributed by atoms with Crippen molar-refractivity contribution in [3.05, 3.63) is 42.2 Å². The van der Waals surface area contributed by atoms with Gasteiger partial charge >= 0.3 is 0 Å². The van der Waals surface area contributed by atoms with Gasteiger partial charge in [0.1, 0.15) is 0 Å². The fourth-order valence-electron chi connectivity index (χ4n) is 3.38. The summed E-state index contributed by atoms with van der Waals surface area (Å²) in [7, 11) is 0. The Kier molecular flexibility index (Phi) is 4.71. The molecule has 0 aliphatic heterocycles. The minimum atomic E-state index is 0.188. The molecule has 3 heteroatoms. The molecule has 1 aliphatic carbocycles. The summed E-state index contributed by atoms with van der Waals surface area (Å²) < 4.78 is 2.10. The Labute approximate surface area is 126 Å². The molecule has 0 unspecified atom stereocenters. The van der Waals surface area contributed by atoms with Gasteiger partial charge < -0.3 is 5.11 Å². The number of nitrogens with zero attached hydrogens (tertiary/aromatic N) is 2. The predicted octanol–water partition coefficient (Wildman–Crippen LogP) is 3.67. The van der Waals surface area contributed by atoms with Crippen LogP contribution in [0.5, 0.6) is 0 Å². The standard InChI is InChI=1S/C18H24N2O/c21-11-10-16-8-4-5-9-18(16)17-12-19-20(14-17)13-15-6-2-1-3-7-15/h4-5,8-9,12,14-15,21H,1-3,6-7,10-11,13H2. The van der Waals surface area contributed by atoms with Gasteiger partial charge in [0.05, 0.1) is 6.20 Å². The first kappa shape index (κ1) is 14.3. The van der Waals surface area contributed by atoms with Gasteiger partial charge in [-0.05, 0) is 36.3 Å². The minimum absolute atomic E-state index is 0.188. The van der Waals surface area contributed by atoms with Gasteiger partial charge in [0.15, 0.2) is 0 Å². The number of hydrogen-bond acceptors (Lipinski definition) is 2. The van der Waals surface area contributed by atoms with Gasteiger partial charge in [0.2, 0.25) is 0 Å². The summed E-state index contributed by atoms with van der Waals surface area (Å²) >= 11 is 0. The second-order valence-corrected chi connectivity index (χ2v) is 6.09. The highest BCUT2D eigenvalue weighted by molar-refractivity contribution is 5.65. The van der Waals surface area contributed by atoms with E-state index in [1.807, 2.05) is 12.3 Å². The molecule has 3 rings (SSSR count). The smallest absolute Gasteiger partial charge is 0.0568 e. The van der Waals surface area contributed by atoms with Crippen molar-refractivity contribution in [2.45, 2.75) is 45.1 Å². The van der Waals surface area contributed by atoms with E-state index in [1.54, 1.807) is 0 Å². The maximum absolute atomic E-state index is 9.19. The van der Waals surface area contributed by atoms with E-state index in [9.17, 15) is 5.11 Å². The molecule has 1 saturated carbocycles. The van der Waals surface area contributed by atoms with Gasteiger partial charge in [0, 0.05) is 24.9 Å². The predicted molar refractivity (Wildman–Crippen MR) is 85.0 cm³/mol. The molecule has 1 heterocycles. The van der Waals surface area contributed by atoms with E-state index in [2.05, 4.69) is 34.2 Å². The van der Waals surface area contributed by atoms with Gasteiger partial charge in [0.25, 0.3) is 0 Å². The highest BCUT2D eigenvalue weighted by atomic mass is 16.2. The molecule has 1 aromatic carbocycles. The normalized spacial score (nSPS) is 16.2. The van der Waals surface area contributed by atoms with Crippen molar-refractivity contribution >= 4 is 0 Å². The second kappa shape index (κ2) is 6.90. The summed E-state index contributed by atoms with van der Waals surface area (Å²) in [4.78, 5) is 0. The maximum atomic E-state index is 9.19. The summed E-state index contributed by atoms with van der Waals surface area (Å²) in [5, 5.41) is 13.7. The fraction of sp³-hybridized carbons (Fsp3) is 0.500. The van der Waals surface area contributed by atoms with E-state index in [4.69, 9.17) is 0 Å². The van der Waals surface area contributed by atoms with Gasteiger partial charge in [-0.25, -0.2) is 0 Å². The molecule has 1 aromatic heterocycles. The average molecular weight is 284 g/mol. The minimum Gasteiger partial charge on any atom is -0.396 e. The Bertz CT molecular complexity index is 570. The van der Waals surface area contributed by atoms with Crippen molar-refractivity contribution in [1.82, 2.24) is 9.78 Å². The number of aromatic nitrogens is 2. The van der Waals surface area contributed by atoms with Crippen LogP contribution in [-0.4, -0.2) is 21.5 Å². The molecule has 1 aliphatic rings. The first-order chi connectivity index (χ1) is 10.4. The third-order valence-corrected chi connectivity index (χ3v) is 4.51. The summed E-state index contributed by atoms with van der Waals surface area (Å²) in [6, 6.07) is 8.28. The number of rotatable bonds is 5. The van der Waals surface area contributed by atoms with Crippen molar-refractivity contribution < 1.29 is 5.11 Å². The fourth-order valence-corrected chi connectivity index (χ4v) is 3.38. The second-order valence-electron chi connectivity index (χ2n) is 6.09. The van der Waals surface area contributed by atoms with E-state index in [0.29, 0.717) is 6.42 Å². The maximum Gasteiger partial charge on any atom is 0.0568 e. The number of benzene rings is 1. The monoisotopic (exact) mass is 284 g/mol. The molecule has 2 aromatic rings. The van der Waals surface area contributed by atoms with Crippen molar-refractivity contribution in [1.29, 1.82) is 0 Å². The van der Waals surface area contributed by atoms with Crippen LogP contribution in [0.3, 0.4) is 0 Å². The van der Waals surface area contributed by atoms with Crippen molar-refractivity contribution in [3.8, 4) is 11.1 Å². The van der Waals surface area contributed by atoms with Crippen LogP contribution in [0.4, 0.5) is 0 Å². The van der Waals surface area contributed by atoms with Crippen LogP contribution in [0.25, 0.3) is 11.1 Å². The first-order valence-corrected chi connectivity index (χ1v) is 8.08. The van der Waals surface area contributed by atoms with Crippen LogP contribution in [0.15, 0.2) is 36.7 Å². The summed E-state index contributed by atoms with van der Waals surface area (Å²) in [6.07, 6.45) is 11.6. The van der Waals surface area contributed by atoms with Crippen LogP contribution < -0.4 is 0 Å². The lowest BCUT2D eigenvalue weighted by atomic mass is 9.89. The highest BCUT2D eigenvalue weighted by Crippen LogP contribution is 2.27. The number of aliphatic hydroxyl groups excluding tert-OH is 1. The zero-order valence-corrected chi connectivity index (χ0v) is 12.5. The molecule has 1 fully saturated rings. The third kappa shape index (κ3) is 3.53. The summed E-state index contributed by atoms with van der Waals surface area (Å²) in [6.45, 7) is 1.23. The van der Waals surface area contributed by atoms with E-state index in [0.717, 1.165) is 18.0 Å². The van der Waals surface area contributed by atoms with Crippen LogP contribution >= 0.6 is 0 Å². The molecule has 112 valence electrons. The molecule has 1 N–H and O–H groups in total. The van der Waals surface area contributed by atoms with E-state index >= 15 is 0 Å². The molecule has 21 heavy (non-hydrogen) atoms. The molecule has 0 spiro atoms. The molecule has 3 nitrogen and oxygen atoms in total. The Balaban J connectivity index is 1.75. The quantitative estimate of drug-likeness (QED) is 0.909. The van der Waals surface area contributed by atoms with Crippen LogP contribution in [-0.2, 0) is 13.0 Å². The van der Waals surface area contributed by atoms with Gasteiger partial charge in [-0.1, -0.05) is 43.5 Å².